The van der Waals surface area contributed by atoms with Crippen LogP contribution in [-0.2, 0) is 4.79 Å². The van der Waals surface area contributed by atoms with E-state index in [-0.39, 0.29) is 17.9 Å². The number of hydrogen-bond acceptors (Lipinski definition) is 5. The summed E-state index contributed by atoms with van der Waals surface area (Å²) < 4.78 is 5.51. The first-order valence-corrected chi connectivity index (χ1v) is 6.48. The van der Waals surface area contributed by atoms with Crippen LogP contribution in [0.2, 0.25) is 0 Å². The third-order valence-electron chi connectivity index (χ3n) is 2.35. The van der Waals surface area contributed by atoms with Crippen molar-refractivity contribution in [3.63, 3.8) is 0 Å². The van der Waals surface area contributed by atoms with Gasteiger partial charge in [0.1, 0.15) is 0 Å². The number of amides is 1. The number of nitrogens with zero attached hydrogens (tertiary/aromatic N) is 1. The van der Waals surface area contributed by atoms with Crippen LogP contribution in [0.15, 0.2) is 16.6 Å². The fourth-order valence-electron chi connectivity index (χ4n) is 1.47. The molecule has 1 aromatic carbocycles. The van der Waals surface area contributed by atoms with E-state index in [1.165, 1.54) is 19.1 Å². The summed E-state index contributed by atoms with van der Waals surface area (Å²) in [5.74, 6) is 1.00. The van der Waals surface area contributed by atoms with E-state index in [2.05, 4.69) is 27.2 Å². The number of carbonyl (C=O) groups is 2. The number of benzene rings is 1. The van der Waals surface area contributed by atoms with E-state index in [1.54, 1.807) is 0 Å². The standard InChI is InChI=1S/C13H11BrN2O5/c1-3-4-15-12(18)7-21-13-10(8(2)17)5-9(14)6-11(13)16(19)20/h1,5-6H,4,7H2,2H3,(H,15,18). The monoisotopic (exact) mass is 354 g/mol. The SMILES string of the molecule is C#CCNC(=O)COc1c(C(C)=O)cc(Br)cc1[N+](=O)[O-]. The van der Waals surface area contributed by atoms with E-state index in [0.29, 0.717) is 4.47 Å². The number of rotatable bonds is 6. The summed E-state index contributed by atoms with van der Waals surface area (Å²) in [6.07, 6.45) is 4.98. The van der Waals surface area contributed by atoms with Gasteiger partial charge in [-0.3, -0.25) is 19.7 Å². The van der Waals surface area contributed by atoms with Gasteiger partial charge in [-0.2, -0.15) is 0 Å². The van der Waals surface area contributed by atoms with Gasteiger partial charge in [0.05, 0.1) is 17.0 Å². The van der Waals surface area contributed by atoms with Gasteiger partial charge < -0.3 is 10.1 Å². The number of halogens is 1. The van der Waals surface area contributed by atoms with Crippen molar-refractivity contribution in [2.24, 2.45) is 0 Å². The molecule has 1 N–H and O–H groups in total. The summed E-state index contributed by atoms with van der Waals surface area (Å²) >= 11 is 3.08. The van der Waals surface area contributed by atoms with Crippen LogP contribution in [0, 0.1) is 22.5 Å². The number of nitro groups is 1. The maximum Gasteiger partial charge on any atom is 0.312 e. The van der Waals surface area contributed by atoms with Crippen molar-refractivity contribution in [3.8, 4) is 18.1 Å². The lowest BCUT2D eigenvalue weighted by Crippen LogP contribution is -2.29. The van der Waals surface area contributed by atoms with Crippen molar-refractivity contribution in [2.75, 3.05) is 13.2 Å². The lowest BCUT2D eigenvalue weighted by Gasteiger charge is -2.10. The molecule has 8 heteroatoms. The smallest absolute Gasteiger partial charge is 0.312 e. The number of carbonyl (C=O) groups excluding carboxylic acids is 2. The number of hydrogen-bond donors (Lipinski definition) is 1. The number of terminal acetylenes is 1. The maximum atomic E-state index is 11.6. The highest BCUT2D eigenvalue weighted by Gasteiger charge is 2.23. The predicted molar refractivity (Wildman–Crippen MR) is 78.1 cm³/mol. The molecule has 0 bridgehead atoms. The summed E-state index contributed by atoms with van der Waals surface area (Å²) in [5.41, 5.74) is -0.389. The van der Waals surface area contributed by atoms with Gasteiger partial charge in [0.15, 0.2) is 12.4 Å². The molecule has 0 aliphatic heterocycles. The molecule has 0 aromatic heterocycles. The van der Waals surface area contributed by atoms with E-state index in [9.17, 15) is 19.7 Å². The topological polar surface area (TPSA) is 98.5 Å². The van der Waals surface area contributed by atoms with Gasteiger partial charge in [0.25, 0.3) is 5.91 Å². The lowest BCUT2D eigenvalue weighted by molar-refractivity contribution is -0.385. The average Bonchev–Trinajstić information content (AvgIpc) is 2.42. The van der Waals surface area contributed by atoms with Crippen LogP contribution in [0.3, 0.4) is 0 Å². The first-order chi connectivity index (χ1) is 9.86. The van der Waals surface area contributed by atoms with E-state index in [1.807, 2.05) is 0 Å². The van der Waals surface area contributed by atoms with E-state index in [0.717, 1.165) is 0 Å². The Bertz CT molecular complexity index is 601. The summed E-state index contributed by atoms with van der Waals surface area (Å²) in [5, 5.41) is 13.4. The Morgan fingerprint density at radius 3 is 2.71 bits per heavy atom. The van der Waals surface area contributed by atoms with E-state index >= 15 is 0 Å². The molecule has 0 aliphatic carbocycles. The second kappa shape index (κ2) is 7.40. The highest BCUT2D eigenvalue weighted by Crippen LogP contribution is 2.34. The van der Waals surface area contributed by atoms with Crippen LogP contribution in [0.25, 0.3) is 0 Å². The van der Waals surface area contributed by atoms with Gasteiger partial charge >= 0.3 is 5.69 Å². The first-order valence-electron chi connectivity index (χ1n) is 5.68. The fraction of sp³-hybridized carbons (Fsp3) is 0.231. The predicted octanol–water partition coefficient (Wildman–Crippen LogP) is 1.69. The molecule has 1 aromatic rings. The molecular weight excluding hydrogens is 344 g/mol. The quantitative estimate of drug-likeness (QED) is 0.362. The van der Waals surface area contributed by atoms with Crippen molar-refractivity contribution >= 4 is 33.3 Å². The summed E-state index contributed by atoms with van der Waals surface area (Å²) in [4.78, 5) is 33.3. The number of ether oxygens (including phenoxy) is 1. The van der Waals surface area contributed by atoms with Gasteiger partial charge in [0.2, 0.25) is 5.75 Å². The molecule has 110 valence electrons. The Hall–Kier alpha value is -2.40. The van der Waals surface area contributed by atoms with Crippen molar-refractivity contribution < 1.29 is 19.2 Å². The molecule has 0 radical (unpaired) electrons. The number of Topliss-reactive ketones (excluding diaryl/α,β-unsaturated/α-hetero) is 1. The van der Waals surface area contributed by atoms with Gasteiger partial charge in [0, 0.05) is 10.5 Å². The number of nitro benzene ring substituents is 1. The molecule has 0 spiro atoms. The maximum absolute atomic E-state index is 11.6. The minimum atomic E-state index is -0.689. The van der Waals surface area contributed by atoms with Crippen LogP contribution in [0.1, 0.15) is 17.3 Å². The summed E-state index contributed by atoms with van der Waals surface area (Å²) in [6.45, 7) is 0.783. The molecule has 7 nitrogen and oxygen atoms in total. The van der Waals surface area contributed by atoms with Crippen molar-refractivity contribution in [2.45, 2.75) is 6.92 Å². The molecule has 1 amide bonds. The zero-order valence-corrected chi connectivity index (χ0v) is 12.6. The first kappa shape index (κ1) is 16.7. The van der Waals surface area contributed by atoms with Gasteiger partial charge in [-0.1, -0.05) is 21.9 Å². The van der Waals surface area contributed by atoms with Gasteiger partial charge in [-0.15, -0.1) is 6.42 Å². The summed E-state index contributed by atoms with van der Waals surface area (Å²) in [7, 11) is 0. The number of nitrogens with one attached hydrogen (secondary N) is 1. The zero-order chi connectivity index (χ0) is 16.0. The summed E-state index contributed by atoms with van der Waals surface area (Å²) in [6, 6.07) is 2.59. The lowest BCUT2D eigenvalue weighted by atomic mass is 10.1. The third-order valence-corrected chi connectivity index (χ3v) is 2.80. The van der Waals surface area contributed by atoms with Crippen LogP contribution in [-0.4, -0.2) is 29.8 Å². The molecule has 0 saturated carbocycles. The molecule has 0 saturated heterocycles. The Morgan fingerprint density at radius 1 is 1.52 bits per heavy atom. The Labute approximate surface area is 128 Å². The van der Waals surface area contributed by atoms with E-state index in [4.69, 9.17) is 11.2 Å². The molecule has 0 atom stereocenters. The van der Waals surface area contributed by atoms with Crippen LogP contribution in [0.4, 0.5) is 5.69 Å². The van der Waals surface area contributed by atoms with Crippen LogP contribution in [0.5, 0.6) is 5.75 Å². The van der Waals surface area contributed by atoms with Crippen molar-refractivity contribution in [3.05, 3.63) is 32.3 Å². The van der Waals surface area contributed by atoms with Gasteiger partial charge in [-0.25, -0.2) is 0 Å². The molecule has 0 fully saturated rings. The Balaban J connectivity index is 3.09. The third kappa shape index (κ3) is 4.57. The van der Waals surface area contributed by atoms with Crippen molar-refractivity contribution in [1.82, 2.24) is 5.32 Å². The van der Waals surface area contributed by atoms with Crippen LogP contribution < -0.4 is 10.1 Å². The number of ketones is 1. The molecule has 0 aliphatic rings. The van der Waals surface area contributed by atoms with Crippen molar-refractivity contribution in [1.29, 1.82) is 0 Å². The van der Waals surface area contributed by atoms with E-state index < -0.39 is 28.9 Å². The molecular formula is C13H11BrN2O5. The molecule has 1 rings (SSSR count). The normalized spacial score (nSPS) is 9.57. The Morgan fingerprint density at radius 2 is 2.19 bits per heavy atom. The minimum Gasteiger partial charge on any atom is -0.476 e. The van der Waals surface area contributed by atoms with Crippen LogP contribution >= 0.6 is 15.9 Å². The van der Waals surface area contributed by atoms with Gasteiger partial charge in [-0.05, 0) is 13.0 Å². The Kier molecular flexibility index (Phi) is 5.87. The molecule has 21 heavy (non-hydrogen) atoms. The molecule has 0 unspecified atom stereocenters. The minimum absolute atomic E-state index is 0.0147. The zero-order valence-electron chi connectivity index (χ0n) is 11.0. The largest absolute Gasteiger partial charge is 0.476 e. The fourth-order valence-corrected chi connectivity index (χ4v) is 1.91. The average molecular weight is 355 g/mol. The molecule has 0 heterocycles. The highest BCUT2D eigenvalue weighted by molar-refractivity contribution is 9.10. The second-order valence-electron chi connectivity index (χ2n) is 3.88. The second-order valence-corrected chi connectivity index (χ2v) is 4.80. The highest BCUT2D eigenvalue weighted by atomic mass is 79.9.